The molecule has 0 spiro atoms. The predicted molar refractivity (Wildman–Crippen MR) is 114 cm³/mol. The Morgan fingerprint density at radius 1 is 1.00 bits per heavy atom. The molecular weight excluding hydrogens is 376 g/mol. The van der Waals surface area contributed by atoms with Crippen LogP contribution in [0.3, 0.4) is 0 Å². The van der Waals surface area contributed by atoms with Gasteiger partial charge in [-0.3, -0.25) is 0 Å². The topological polar surface area (TPSA) is 83.7 Å². The minimum absolute atomic E-state index is 0.616. The fourth-order valence-corrected chi connectivity index (χ4v) is 4.63. The zero-order chi connectivity index (χ0) is 19.9. The van der Waals surface area contributed by atoms with Gasteiger partial charge in [-0.1, -0.05) is 23.4 Å². The summed E-state index contributed by atoms with van der Waals surface area (Å²) in [5, 5.41) is 19.4. The lowest BCUT2D eigenvalue weighted by Gasteiger charge is -2.32. The quantitative estimate of drug-likeness (QED) is 0.539. The molecule has 152 valence electrons. The van der Waals surface area contributed by atoms with E-state index in [4.69, 9.17) is 4.52 Å². The van der Waals surface area contributed by atoms with Gasteiger partial charge in [-0.2, -0.15) is 0 Å². The van der Waals surface area contributed by atoms with Crippen molar-refractivity contribution in [3.8, 4) is 22.7 Å². The van der Waals surface area contributed by atoms with E-state index in [2.05, 4.69) is 54.9 Å². The molecular formula is C23H24N6O. The summed E-state index contributed by atoms with van der Waals surface area (Å²) in [4.78, 5) is 2.65. The van der Waals surface area contributed by atoms with E-state index < -0.39 is 0 Å². The second-order valence-corrected chi connectivity index (χ2v) is 8.64. The summed E-state index contributed by atoms with van der Waals surface area (Å²) in [6, 6.07) is 14.7. The highest BCUT2D eigenvalue weighted by Crippen LogP contribution is 2.36. The van der Waals surface area contributed by atoms with Gasteiger partial charge in [0, 0.05) is 17.7 Å². The van der Waals surface area contributed by atoms with Gasteiger partial charge in [0.1, 0.15) is 5.52 Å². The van der Waals surface area contributed by atoms with E-state index in [-0.39, 0.29) is 0 Å². The van der Waals surface area contributed by atoms with Crippen molar-refractivity contribution >= 4 is 10.9 Å². The molecule has 2 aromatic heterocycles. The zero-order valence-electron chi connectivity index (χ0n) is 16.8. The molecule has 1 aliphatic carbocycles. The van der Waals surface area contributed by atoms with Crippen LogP contribution in [-0.4, -0.2) is 50.3 Å². The Balaban J connectivity index is 1.27. The second-order valence-electron chi connectivity index (χ2n) is 8.64. The predicted octanol–water partition coefficient (Wildman–Crippen LogP) is 4.26. The number of aromatic nitrogens is 5. The van der Waals surface area contributed by atoms with Gasteiger partial charge in [-0.25, -0.2) is 5.10 Å². The maximum Gasteiger partial charge on any atom is 0.179 e. The molecule has 0 unspecified atom stereocenters. The second kappa shape index (κ2) is 7.32. The fourth-order valence-electron chi connectivity index (χ4n) is 4.63. The van der Waals surface area contributed by atoms with Gasteiger partial charge in [0.2, 0.25) is 0 Å². The number of likely N-dealkylation sites (tertiary alicyclic amines) is 1. The summed E-state index contributed by atoms with van der Waals surface area (Å²) in [5.41, 5.74) is 4.22. The first-order valence-electron chi connectivity index (χ1n) is 10.8. The number of tetrazole rings is 1. The molecule has 0 radical (unpaired) electrons. The van der Waals surface area contributed by atoms with Crippen molar-refractivity contribution in [2.24, 2.45) is 5.92 Å². The minimum atomic E-state index is 0.616. The first-order valence-corrected chi connectivity index (χ1v) is 10.8. The van der Waals surface area contributed by atoms with Crippen molar-refractivity contribution < 1.29 is 4.52 Å². The molecule has 2 fully saturated rings. The molecule has 0 atom stereocenters. The highest BCUT2D eigenvalue weighted by molar-refractivity contribution is 5.94. The molecule has 0 bridgehead atoms. The Kier molecular flexibility index (Phi) is 4.34. The number of piperidine rings is 1. The van der Waals surface area contributed by atoms with Gasteiger partial charge in [0.15, 0.2) is 11.6 Å². The number of H-pyrrole nitrogens is 1. The SMILES string of the molecule is c1cc(-c2onc3ccc(-c4nnn[nH]4)cc23)cc(C2CCN(CC3CC3)CC2)c1. The van der Waals surface area contributed by atoms with Crippen LogP contribution >= 0.6 is 0 Å². The Morgan fingerprint density at radius 2 is 1.90 bits per heavy atom. The lowest BCUT2D eigenvalue weighted by Crippen LogP contribution is -2.34. The molecule has 3 heterocycles. The molecule has 2 aliphatic rings. The number of fused-ring (bicyclic) bond motifs is 1. The monoisotopic (exact) mass is 400 g/mol. The number of hydrogen-bond donors (Lipinski definition) is 1. The molecule has 7 heteroatoms. The van der Waals surface area contributed by atoms with Gasteiger partial charge in [0.05, 0.1) is 5.39 Å². The number of rotatable bonds is 5. The molecule has 1 N–H and O–H groups in total. The fraction of sp³-hybridized carbons (Fsp3) is 0.391. The molecule has 2 aromatic carbocycles. The summed E-state index contributed by atoms with van der Waals surface area (Å²) in [6.07, 6.45) is 5.33. The molecule has 4 aromatic rings. The van der Waals surface area contributed by atoms with Crippen LogP contribution in [-0.2, 0) is 0 Å². The standard InChI is InChI=1S/C23H24N6O/c1-2-17(16-8-10-29(11-9-16)14-15-4-5-15)12-18(3-1)22-20-13-19(23-24-27-28-25-23)6-7-21(20)26-30-22/h1-3,6-7,12-13,15-16H,4-5,8-11,14H2,(H,24,25,27,28). The summed E-state index contributed by atoms with van der Waals surface area (Å²) in [5.74, 6) is 3.02. The van der Waals surface area contributed by atoms with Crippen LogP contribution in [0, 0.1) is 5.92 Å². The van der Waals surface area contributed by atoms with Gasteiger partial charge in [-0.15, -0.1) is 5.10 Å². The first kappa shape index (κ1) is 17.8. The third kappa shape index (κ3) is 3.39. The molecule has 1 aliphatic heterocycles. The van der Waals surface area contributed by atoms with Crippen LogP contribution in [0.2, 0.25) is 0 Å². The molecule has 1 saturated carbocycles. The molecule has 30 heavy (non-hydrogen) atoms. The number of nitrogens with zero attached hydrogens (tertiary/aromatic N) is 5. The van der Waals surface area contributed by atoms with E-state index in [1.54, 1.807) is 0 Å². The van der Waals surface area contributed by atoms with Crippen LogP contribution in [0.15, 0.2) is 47.0 Å². The van der Waals surface area contributed by atoms with Crippen molar-refractivity contribution in [1.82, 2.24) is 30.7 Å². The maximum absolute atomic E-state index is 5.76. The molecule has 6 rings (SSSR count). The van der Waals surface area contributed by atoms with Crippen molar-refractivity contribution in [2.75, 3.05) is 19.6 Å². The zero-order valence-corrected chi connectivity index (χ0v) is 16.8. The Hall–Kier alpha value is -3.06. The minimum Gasteiger partial charge on any atom is -0.355 e. The largest absolute Gasteiger partial charge is 0.355 e. The first-order chi connectivity index (χ1) is 14.8. The Bertz CT molecular complexity index is 1160. The average Bonchev–Trinajstić information content (AvgIpc) is 3.27. The maximum atomic E-state index is 5.76. The number of nitrogens with one attached hydrogen (secondary N) is 1. The van der Waals surface area contributed by atoms with E-state index in [1.165, 1.54) is 50.9 Å². The van der Waals surface area contributed by atoms with E-state index in [1.807, 2.05) is 18.2 Å². The van der Waals surface area contributed by atoms with Crippen LogP contribution in [0.25, 0.3) is 33.6 Å². The van der Waals surface area contributed by atoms with E-state index in [0.29, 0.717) is 11.7 Å². The van der Waals surface area contributed by atoms with E-state index in [9.17, 15) is 0 Å². The molecule has 1 saturated heterocycles. The van der Waals surface area contributed by atoms with Gasteiger partial charge in [-0.05, 0) is 90.9 Å². The lowest BCUT2D eigenvalue weighted by molar-refractivity contribution is 0.205. The number of aromatic amines is 1. The molecule has 7 nitrogen and oxygen atoms in total. The van der Waals surface area contributed by atoms with Crippen molar-refractivity contribution in [2.45, 2.75) is 31.6 Å². The van der Waals surface area contributed by atoms with Crippen molar-refractivity contribution in [1.29, 1.82) is 0 Å². The smallest absolute Gasteiger partial charge is 0.179 e. The number of benzene rings is 2. The number of hydrogen-bond acceptors (Lipinski definition) is 6. The van der Waals surface area contributed by atoms with Gasteiger partial charge >= 0.3 is 0 Å². The van der Waals surface area contributed by atoms with Crippen LogP contribution in [0.4, 0.5) is 0 Å². The van der Waals surface area contributed by atoms with Crippen LogP contribution < -0.4 is 0 Å². The summed E-state index contributed by atoms with van der Waals surface area (Å²) in [7, 11) is 0. The summed E-state index contributed by atoms with van der Waals surface area (Å²) < 4.78 is 5.76. The van der Waals surface area contributed by atoms with Gasteiger partial charge < -0.3 is 9.42 Å². The highest BCUT2D eigenvalue weighted by atomic mass is 16.5. The van der Waals surface area contributed by atoms with E-state index in [0.717, 1.165) is 33.7 Å². The van der Waals surface area contributed by atoms with Gasteiger partial charge in [0.25, 0.3) is 0 Å². The van der Waals surface area contributed by atoms with Crippen molar-refractivity contribution in [3.63, 3.8) is 0 Å². The third-order valence-electron chi connectivity index (χ3n) is 6.52. The average molecular weight is 400 g/mol. The highest BCUT2D eigenvalue weighted by Gasteiger charge is 2.27. The lowest BCUT2D eigenvalue weighted by atomic mass is 9.88. The summed E-state index contributed by atoms with van der Waals surface area (Å²) in [6.45, 7) is 3.73. The summed E-state index contributed by atoms with van der Waals surface area (Å²) >= 11 is 0. The Labute approximate surface area is 174 Å². The van der Waals surface area contributed by atoms with Crippen molar-refractivity contribution in [3.05, 3.63) is 48.0 Å². The Morgan fingerprint density at radius 3 is 2.70 bits per heavy atom. The third-order valence-corrected chi connectivity index (χ3v) is 6.52. The molecule has 0 amide bonds. The van der Waals surface area contributed by atoms with Crippen LogP contribution in [0.5, 0.6) is 0 Å². The van der Waals surface area contributed by atoms with Crippen LogP contribution in [0.1, 0.15) is 37.2 Å². The normalized spacial score (nSPS) is 18.3. The van der Waals surface area contributed by atoms with E-state index >= 15 is 0 Å².